The van der Waals surface area contributed by atoms with Crippen molar-refractivity contribution in [3.8, 4) is 0 Å². The predicted molar refractivity (Wildman–Crippen MR) is 106 cm³/mol. The Morgan fingerprint density at radius 1 is 1.21 bits per heavy atom. The van der Waals surface area contributed by atoms with Gasteiger partial charge in [0.05, 0.1) is 17.1 Å². The standard InChI is InChI=1S/C20H19ClN6O/c1-13-7-15(20(28)26-11-18-23-9-16(21)10-24-18)8-25-19(13)27-6-4-17-14(12-27)3-2-5-22-17/h2-3,5,7-10H,4,6,11-12H2,1H3,(H,26,28). The van der Waals surface area contributed by atoms with E-state index < -0.39 is 0 Å². The SMILES string of the molecule is Cc1cc(C(=O)NCc2ncc(Cl)cn2)cnc1N1CCc2ncccc2C1. The first-order valence-electron chi connectivity index (χ1n) is 8.99. The zero-order valence-corrected chi connectivity index (χ0v) is 16.1. The summed E-state index contributed by atoms with van der Waals surface area (Å²) >= 11 is 5.77. The third-order valence-electron chi connectivity index (χ3n) is 4.66. The second-order valence-electron chi connectivity index (χ2n) is 6.65. The second-order valence-corrected chi connectivity index (χ2v) is 7.08. The largest absolute Gasteiger partial charge is 0.352 e. The minimum Gasteiger partial charge on any atom is -0.352 e. The molecule has 0 bridgehead atoms. The number of hydrogen-bond donors (Lipinski definition) is 1. The van der Waals surface area contributed by atoms with Crippen LogP contribution in [0.2, 0.25) is 5.02 Å². The molecule has 0 spiro atoms. The van der Waals surface area contributed by atoms with Crippen LogP contribution in [0.4, 0.5) is 5.82 Å². The van der Waals surface area contributed by atoms with Crippen molar-refractivity contribution >= 4 is 23.3 Å². The molecule has 7 nitrogen and oxygen atoms in total. The van der Waals surface area contributed by atoms with E-state index in [2.05, 4.69) is 36.2 Å². The summed E-state index contributed by atoms with van der Waals surface area (Å²) in [6.45, 7) is 3.83. The summed E-state index contributed by atoms with van der Waals surface area (Å²) in [5.74, 6) is 1.18. The van der Waals surface area contributed by atoms with Gasteiger partial charge in [-0.1, -0.05) is 17.7 Å². The molecule has 0 aromatic carbocycles. The fourth-order valence-electron chi connectivity index (χ4n) is 3.26. The molecule has 1 N–H and O–H groups in total. The Morgan fingerprint density at radius 3 is 2.82 bits per heavy atom. The van der Waals surface area contributed by atoms with Gasteiger partial charge in [-0.25, -0.2) is 15.0 Å². The van der Waals surface area contributed by atoms with Gasteiger partial charge in [-0.3, -0.25) is 9.78 Å². The molecule has 0 fully saturated rings. The molecule has 4 heterocycles. The Hall–Kier alpha value is -3.06. The van der Waals surface area contributed by atoms with Crippen molar-refractivity contribution in [2.24, 2.45) is 0 Å². The molecule has 1 aliphatic heterocycles. The van der Waals surface area contributed by atoms with Crippen molar-refractivity contribution in [1.29, 1.82) is 0 Å². The average Bonchev–Trinajstić information content (AvgIpc) is 2.72. The Bertz CT molecular complexity index is 1010. The minimum atomic E-state index is -0.214. The Labute approximate surface area is 167 Å². The van der Waals surface area contributed by atoms with Crippen molar-refractivity contribution in [2.45, 2.75) is 26.4 Å². The molecular weight excluding hydrogens is 376 g/mol. The van der Waals surface area contributed by atoms with Gasteiger partial charge < -0.3 is 10.2 Å². The van der Waals surface area contributed by atoms with Gasteiger partial charge >= 0.3 is 0 Å². The molecule has 0 atom stereocenters. The van der Waals surface area contributed by atoms with Crippen molar-refractivity contribution in [3.63, 3.8) is 0 Å². The van der Waals surface area contributed by atoms with E-state index in [0.29, 0.717) is 16.4 Å². The van der Waals surface area contributed by atoms with Crippen LogP contribution >= 0.6 is 11.6 Å². The molecular formula is C20H19ClN6O. The summed E-state index contributed by atoms with van der Waals surface area (Å²) in [6, 6.07) is 5.92. The summed E-state index contributed by atoms with van der Waals surface area (Å²) in [4.78, 5) is 31.8. The van der Waals surface area contributed by atoms with E-state index in [1.165, 1.54) is 18.0 Å². The van der Waals surface area contributed by atoms with Gasteiger partial charge in [0, 0.05) is 50.0 Å². The van der Waals surface area contributed by atoms with E-state index >= 15 is 0 Å². The summed E-state index contributed by atoms with van der Waals surface area (Å²) in [5, 5.41) is 3.26. The van der Waals surface area contributed by atoms with Crippen molar-refractivity contribution < 1.29 is 4.79 Å². The fourth-order valence-corrected chi connectivity index (χ4v) is 3.36. The van der Waals surface area contributed by atoms with Crippen molar-refractivity contribution in [3.05, 3.63) is 76.2 Å². The summed E-state index contributed by atoms with van der Waals surface area (Å²) < 4.78 is 0. The van der Waals surface area contributed by atoms with E-state index in [0.717, 1.165) is 36.6 Å². The number of nitrogens with zero attached hydrogens (tertiary/aromatic N) is 5. The number of nitrogens with one attached hydrogen (secondary N) is 1. The molecule has 0 aliphatic carbocycles. The second kappa shape index (κ2) is 7.90. The maximum absolute atomic E-state index is 12.4. The number of pyridine rings is 2. The van der Waals surface area contributed by atoms with Gasteiger partial charge in [-0.2, -0.15) is 0 Å². The molecule has 0 unspecified atom stereocenters. The quantitative estimate of drug-likeness (QED) is 0.732. The van der Waals surface area contributed by atoms with Crippen LogP contribution in [0.3, 0.4) is 0 Å². The van der Waals surface area contributed by atoms with Crippen LogP contribution in [0.25, 0.3) is 0 Å². The van der Waals surface area contributed by atoms with Gasteiger partial charge in [0.2, 0.25) is 0 Å². The number of hydrogen-bond acceptors (Lipinski definition) is 6. The van der Waals surface area contributed by atoms with Crippen LogP contribution in [0.15, 0.2) is 43.0 Å². The topological polar surface area (TPSA) is 83.9 Å². The monoisotopic (exact) mass is 394 g/mol. The predicted octanol–water partition coefficient (Wildman–Crippen LogP) is 2.72. The number of fused-ring (bicyclic) bond motifs is 1. The lowest BCUT2D eigenvalue weighted by molar-refractivity contribution is 0.0949. The smallest absolute Gasteiger partial charge is 0.253 e. The minimum absolute atomic E-state index is 0.214. The number of rotatable bonds is 4. The lowest BCUT2D eigenvalue weighted by atomic mass is 10.0. The lowest BCUT2D eigenvalue weighted by Gasteiger charge is -2.30. The molecule has 3 aromatic rings. The van der Waals surface area contributed by atoms with E-state index in [1.807, 2.05) is 25.3 Å². The van der Waals surface area contributed by atoms with Crippen LogP contribution in [0.5, 0.6) is 0 Å². The van der Waals surface area contributed by atoms with Gasteiger partial charge in [-0.05, 0) is 30.2 Å². The highest BCUT2D eigenvalue weighted by molar-refractivity contribution is 6.30. The van der Waals surface area contributed by atoms with Gasteiger partial charge in [0.1, 0.15) is 11.6 Å². The Balaban J connectivity index is 1.44. The van der Waals surface area contributed by atoms with E-state index in [9.17, 15) is 4.79 Å². The molecule has 1 aliphatic rings. The van der Waals surface area contributed by atoms with Crippen molar-refractivity contribution in [2.75, 3.05) is 11.4 Å². The van der Waals surface area contributed by atoms with Crippen LogP contribution in [0, 0.1) is 6.92 Å². The number of amides is 1. The molecule has 142 valence electrons. The molecule has 0 saturated carbocycles. The van der Waals surface area contributed by atoms with Gasteiger partial charge in [-0.15, -0.1) is 0 Å². The number of aryl methyl sites for hydroxylation is 1. The number of aromatic nitrogens is 4. The number of halogens is 1. The van der Waals surface area contributed by atoms with E-state index in [-0.39, 0.29) is 12.5 Å². The number of carbonyl (C=O) groups is 1. The molecule has 0 radical (unpaired) electrons. The fraction of sp³-hybridized carbons (Fsp3) is 0.250. The first-order chi connectivity index (χ1) is 13.6. The number of anilines is 1. The van der Waals surface area contributed by atoms with E-state index in [4.69, 9.17) is 11.6 Å². The molecule has 28 heavy (non-hydrogen) atoms. The normalized spacial score (nSPS) is 13.1. The highest BCUT2D eigenvalue weighted by Gasteiger charge is 2.20. The molecule has 3 aromatic heterocycles. The molecule has 8 heteroatoms. The van der Waals surface area contributed by atoms with Crippen molar-refractivity contribution in [1.82, 2.24) is 25.3 Å². The summed E-state index contributed by atoms with van der Waals surface area (Å²) in [6.07, 6.45) is 7.34. The van der Waals surface area contributed by atoms with Crippen LogP contribution < -0.4 is 10.2 Å². The van der Waals surface area contributed by atoms with Gasteiger partial charge in [0.25, 0.3) is 5.91 Å². The van der Waals surface area contributed by atoms with Crippen LogP contribution in [-0.4, -0.2) is 32.4 Å². The first kappa shape index (κ1) is 18.3. The highest BCUT2D eigenvalue weighted by Crippen LogP contribution is 2.24. The summed E-state index contributed by atoms with van der Waals surface area (Å²) in [7, 11) is 0. The molecule has 0 saturated heterocycles. The third-order valence-corrected chi connectivity index (χ3v) is 4.85. The Morgan fingerprint density at radius 2 is 2.04 bits per heavy atom. The molecule has 1 amide bonds. The third kappa shape index (κ3) is 3.94. The zero-order valence-electron chi connectivity index (χ0n) is 15.4. The van der Waals surface area contributed by atoms with Crippen LogP contribution in [-0.2, 0) is 19.5 Å². The summed E-state index contributed by atoms with van der Waals surface area (Å²) in [5.41, 5.74) is 3.84. The maximum Gasteiger partial charge on any atom is 0.253 e. The number of carbonyl (C=O) groups excluding carboxylic acids is 1. The molecule has 4 rings (SSSR count). The van der Waals surface area contributed by atoms with Gasteiger partial charge in [0.15, 0.2) is 0 Å². The van der Waals surface area contributed by atoms with Crippen LogP contribution in [0.1, 0.15) is 33.0 Å². The zero-order chi connectivity index (χ0) is 19.5. The van der Waals surface area contributed by atoms with E-state index in [1.54, 1.807) is 6.20 Å². The Kier molecular flexibility index (Phi) is 5.16. The average molecular weight is 395 g/mol. The maximum atomic E-state index is 12.4. The highest BCUT2D eigenvalue weighted by atomic mass is 35.5. The first-order valence-corrected chi connectivity index (χ1v) is 9.37. The lowest BCUT2D eigenvalue weighted by Crippen LogP contribution is -2.32.